The van der Waals surface area contributed by atoms with E-state index in [1.165, 1.54) is 18.7 Å². The molecule has 0 aromatic heterocycles. The van der Waals surface area contributed by atoms with E-state index >= 15 is 0 Å². The third kappa shape index (κ3) is 6.08. The first-order chi connectivity index (χ1) is 15.9. The zero-order valence-electron chi connectivity index (χ0n) is 19.3. The van der Waals surface area contributed by atoms with Gasteiger partial charge >= 0.3 is 5.97 Å². The molecule has 0 radical (unpaired) electrons. The minimum atomic E-state index is -1.04. The number of carbonyl (C=O) groups excluding carboxylic acids is 1. The number of carbonyl (C=O) groups is 1. The lowest BCUT2D eigenvalue weighted by Crippen LogP contribution is -2.36. The number of benzene rings is 2. The topological polar surface area (TPSA) is 86.0 Å². The maximum absolute atomic E-state index is 14.4. The molecule has 2 aromatic rings. The number of fused-ring (bicyclic) bond motifs is 1. The van der Waals surface area contributed by atoms with Crippen molar-refractivity contribution in [3.05, 3.63) is 64.0 Å². The van der Waals surface area contributed by atoms with Crippen molar-refractivity contribution in [2.24, 2.45) is 0 Å². The van der Waals surface area contributed by atoms with Crippen LogP contribution in [0.3, 0.4) is 0 Å². The second kappa shape index (κ2) is 11.2. The summed E-state index contributed by atoms with van der Waals surface area (Å²) in [7, 11) is 3.29. The first kappa shape index (κ1) is 24.6. The van der Waals surface area contributed by atoms with Crippen LogP contribution in [0.25, 0.3) is 0 Å². The van der Waals surface area contributed by atoms with Crippen LogP contribution in [0, 0.1) is 17.1 Å². The molecule has 3 rings (SSSR count). The molecule has 1 atom stereocenters. The van der Waals surface area contributed by atoms with Crippen LogP contribution in [-0.4, -0.2) is 67.8 Å². The molecule has 0 amide bonds. The average Bonchev–Trinajstić information content (AvgIpc) is 3.18. The molecular weight excluding hydrogens is 425 g/mol. The van der Waals surface area contributed by atoms with Gasteiger partial charge in [0.25, 0.3) is 0 Å². The van der Waals surface area contributed by atoms with Crippen molar-refractivity contribution < 1.29 is 23.8 Å². The summed E-state index contributed by atoms with van der Waals surface area (Å²) in [6.07, 6.45) is -0.180. The Balaban J connectivity index is 1.50. The van der Waals surface area contributed by atoms with Crippen molar-refractivity contribution in [3.63, 3.8) is 0 Å². The number of ether oxygens (including phenoxy) is 2. The molecule has 1 heterocycles. The molecule has 0 spiro atoms. The highest BCUT2D eigenvalue weighted by molar-refractivity contribution is 5.93. The lowest BCUT2D eigenvalue weighted by Gasteiger charge is -2.26. The molecule has 0 saturated heterocycles. The van der Waals surface area contributed by atoms with Gasteiger partial charge < -0.3 is 24.4 Å². The molecule has 1 aliphatic rings. The number of aliphatic hydroxyl groups excluding tert-OH is 1. The summed E-state index contributed by atoms with van der Waals surface area (Å²) < 4.78 is 24.6. The van der Waals surface area contributed by atoms with E-state index < -0.39 is 11.9 Å². The first-order valence-corrected chi connectivity index (χ1v) is 11.0. The van der Waals surface area contributed by atoms with Crippen molar-refractivity contribution in [2.45, 2.75) is 26.1 Å². The normalized spacial score (nSPS) is 13.7. The van der Waals surface area contributed by atoms with Crippen LogP contribution in [-0.2, 0) is 17.8 Å². The van der Waals surface area contributed by atoms with Crippen molar-refractivity contribution >= 4 is 5.97 Å². The number of methoxy groups -OCH3 is 1. The summed E-state index contributed by atoms with van der Waals surface area (Å²) in [6, 6.07) is 10.2. The molecule has 2 aromatic carbocycles. The number of likely N-dealkylation sites (N-methyl/N-ethyl adjacent to an activating group) is 2. The van der Waals surface area contributed by atoms with E-state index in [1.54, 1.807) is 0 Å². The fourth-order valence-corrected chi connectivity index (χ4v) is 3.94. The van der Waals surface area contributed by atoms with Crippen molar-refractivity contribution in [3.8, 4) is 11.8 Å². The molecule has 1 N–H and O–H groups in total. The van der Waals surface area contributed by atoms with Gasteiger partial charge in [0, 0.05) is 37.3 Å². The number of hydrogen-bond donors (Lipinski definition) is 1. The highest BCUT2D eigenvalue weighted by atomic mass is 19.1. The Hall–Kier alpha value is -2.99. The summed E-state index contributed by atoms with van der Waals surface area (Å²) in [5.41, 5.74) is 2.98. The molecule has 0 fully saturated rings. The summed E-state index contributed by atoms with van der Waals surface area (Å²) in [5, 5.41) is 19.6. The molecule has 1 aliphatic heterocycles. The van der Waals surface area contributed by atoms with E-state index in [2.05, 4.69) is 11.8 Å². The van der Waals surface area contributed by atoms with E-state index in [0.717, 1.165) is 37.7 Å². The quantitative estimate of drug-likeness (QED) is 0.522. The maximum atomic E-state index is 14.4. The molecule has 176 valence electrons. The van der Waals surface area contributed by atoms with E-state index in [4.69, 9.17) is 14.7 Å². The van der Waals surface area contributed by atoms with Gasteiger partial charge in [-0.1, -0.05) is 19.1 Å². The van der Waals surface area contributed by atoms with Crippen LogP contribution in [0.15, 0.2) is 30.3 Å². The van der Waals surface area contributed by atoms with Gasteiger partial charge in [-0.25, -0.2) is 9.18 Å². The number of nitriles is 1. The van der Waals surface area contributed by atoms with E-state index in [0.29, 0.717) is 18.7 Å². The number of cyclic esters (lactones) is 1. The minimum absolute atomic E-state index is 0.0976. The third-order valence-corrected chi connectivity index (χ3v) is 5.99. The van der Waals surface area contributed by atoms with Crippen LogP contribution in [0.2, 0.25) is 0 Å². The van der Waals surface area contributed by atoms with Gasteiger partial charge in [-0.05, 0) is 43.8 Å². The van der Waals surface area contributed by atoms with Gasteiger partial charge in [0.2, 0.25) is 0 Å². The van der Waals surface area contributed by atoms with Crippen molar-refractivity contribution in [1.82, 2.24) is 9.80 Å². The Morgan fingerprint density at radius 2 is 2.06 bits per heavy atom. The molecule has 0 saturated carbocycles. The largest absolute Gasteiger partial charge is 0.495 e. The third-order valence-electron chi connectivity index (χ3n) is 5.99. The number of rotatable bonds is 11. The standard InChI is InChI=1S/C25H30FN3O4/c1-4-29(8-7-17-5-6-20-19(11-17)16-33-25(20)31)10-9-28(2)15-23(30)21-13-24(32-3)18(14-27)12-22(21)26/h5-6,11-13,23,30H,4,7-10,15-16H2,1-3H3. The predicted molar refractivity (Wildman–Crippen MR) is 122 cm³/mol. The lowest BCUT2D eigenvalue weighted by atomic mass is 10.0. The Morgan fingerprint density at radius 1 is 1.27 bits per heavy atom. The average molecular weight is 456 g/mol. The van der Waals surface area contributed by atoms with Gasteiger partial charge in [-0.3, -0.25) is 0 Å². The van der Waals surface area contributed by atoms with Crippen molar-refractivity contribution in [2.75, 3.05) is 46.9 Å². The number of aliphatic hydroxyl groups is 1. The second-order valence-electron chi connectivity index (χ2n) is 8.22. The highest BCUT2D eigenvalue weighted by Crippen LogP contribution is 2.27. The van der Waals surface area contributed by atoms with Crippen LogP contribution in [0.4, 0.5) is 4.39 Å². The number of esters is 1. The zero-order chi connectivity index (χ0) is 24.0. The van der Waals surface area contributed by atoms with Gasteiger partial charge in [-0.2, -0.15) is 5.26 Å². The van der Waals surface area contributed by atoms with Crippen LogP contribution in [0.1, 0.15) is 45.6 Å². The monoisotopic (exact) mass is 455 g/mol. The summed E-state index contributed by atoms with van der Waals surface area (Å²) in [5.74, 6) is -0.628. The minimum Gasteiger partial charge on any atom is -0.495 e. The zero-order valence-corrected chi connectivity index (χ0v) is 19.3. The molecule has 1 unspecified atom stereocenters. The molecule has 0 aliphatic carbocycles. The van der Waals surface area contributed by atoms with Gasteiger partial charge in [-0.15, -0.1) is 0 Å². The summed E-state index contributed by atoms with van der Waals surface area (Å²) >= 11 is 0. The smallest absolute Gasteiger partial charge is 0.338 e. The summed E-state index contributed by atoms with van der Waals surface area (Å²) in [6.45, 7) is 5.94. The van der Waals surface area contributed by atoms with Crippen LogP contribution >= 0.6 is 0 Å². The number of nitrogens with zero attached hydrogens (tertiary/aromatic N) is 3. The Morgan fingerprint density at radius 3 is 2.76 bits per heavy atom. The predicted octanol–water partition coefficient (Wildman–Crippen LogP) is 2.91. The van der Waals surface area contributed by atoms with Crippen LogP contribution < -0.4 is 4.74 Å². The lowest BCUT2D eigenvalue weighted by molar-refractivity contribution is 0.0535. The number of hydrogen-bond acceptors (Lipinski definition) is 7. The van der Waals surface area contributed by atoms with Gasteiger partial charge in [0.15, 0.2) is 0 Å². The molecule has 0 bridgehead atoms. The Labute approximate surface area is 193 Å². The SMILES string of the molecule is CCN(CCc1ccc2c(c1)COC2=O)CCN(C)CC(O)c1cc(OC)c(C#N)cc1F. The fraction of sp³-hybridized carbons (Fsp3) is 0.440. The number of halogens is 1. The van der Waals surface area contributed by atoms with Gasteiger partial charge in [0.05, 0.1) is 24.3 Å². The van der Waals surface area contributed by atoms with E-state index in [9.17, 15) is 14.3 Å². The van der Waals surface area contributed by atoms with E-state index in [1.807, 2.05) is 36.2 Å². The Kier molecular flexibility index (Phi) is 8.39. The van der Waals surface area contributed by atoms with Gasteiger partial charge in [0.1, 0.15) is 24.2 Å². The molecule has 8 heteroatoms. The highest BCUT2D eigenvalue weighted by Gasteiger charge is 2.21. The molecule has 33 heavy (non-hydrogen) atoms. The van der Waals surface area contributed by atoms with E-state index in [-0.39, 0.29) is 29.4 Å². The molecular formula is C25H30FN3O4. The molecule has 7 nitrogen and oxygen atoms in total. The Bertz CT molecular complexity index is 1040. The van der Waals surface area contributed by atoms with Crippen LogP contribution in [0.5, 0.6) is 5.75 Å². The fourth-order valence-electron chi connectivity index (χ4n) is 3.94. The maximum Gasteiger partial charge on any atom is 0.338 e. The second-order valence-corrected chi connectivity index (χ2v) is 8.22. The summed E-state index contributed by atoms with van der Waals surface area (Å²) in [4.78, 5) is 15.9. The van der Waals surface area contributed by atoms with Crippen molar-refractivity contribution in [1.29, 1.82) is 5.26 Å². The first-order valence-electron chi connectivity index (χ1n) is 11.0.